The number of nitrogens with one attached hydrogen (secondary N) is 1. The highest BCUT2D eigenvalue weighted by Gasteiger charge is 2.21. The van der Waals surface area contributed by atoms with Crippen LogP contribution in [0.5, 0.6) is 0 Å². The van der Waals surface area contributed by atoms with Gasteiger partial charge in [-0.05, 0) is 43.7 Å². The fraction of sp³-hybridized carbons (Fsp3) is 0.250. The van der Waals surface area contributed by atoms with Crippen molar-refractivity contribution in [3.8, 4) is 0 Å². The van der Waals surface area contributed by atoms with Crippen LogP contribution in [0.3, 0.4) is 0 Å². The van der Waals surface area contributed by atoms with Gasteiger partial charge in [0.1, 0.15) is 17.3 Å². The van der Waals surface area contributed by atoms with Crippen molar-refractivity contribution in [2.24, 2.45) is 0 Å². The predicted molar refractivity (Wildman–Crippen MR) is 112 cm³/mol. The third-order valence-corrected chi connectivity index (χ3v) is 5.52. The van der Waals surface area contributed by atoms with Gasteiger partial charge in [0.2, 0.25) is 5.91 Å². The van der Waals surface area contributed by atoms with Crippen molar-refractivity contribution in [3.05, 3.63) is 63.4 Å². The van der Waals surface area contributed by atoms with E-state index in [1.807, 2.05) is 6.92 Å². The number of thioether (sulfide) groups is 1. The molecule has 0 saturated heterocycles. The molecule has 0 aliphatic carbocycles. The number of aromatic nitrogens is 2. The SMILES string of the molecule is CCCn1c(SC(C)C(=O)Nc2c(F)cccc2F)nc2cc(Cl)ccc2c1=O. The van der Waals surface area contributed by atoms with Gasteiger partial charge < -0.3 is 5.32 Å². The van der Waals surface area contributed by atoms with Crippen LogP contribution in [0.4, 0.5) is 14.5 Å². The second kappa shape index (κ2) is 8.92. The van der Waals surface area contributed by atoms with Crippen LogP contribution in [0.1, 0.15) is 20.3 Å². The topological polar surface area (TPSA) is 64.0 Å². The number of para-hydroxylation sites is 1. The van der Waals surface area contributed by atoms with Crippen molar-refractivity contribution in [3.63, 3.8) is 0 Å². The number of amides is 1. The molecule has 0 fully saturated rings. The molecule has 1 amide bonds. The second-order valence-corrected chi connectivity index (χ2v) is 8.10. The molecular weight excluding hydrogens is 420 g/mol. The van der Waals surface area contributed by atoms with Crippen LogP contribution in [0.15, 0.2) is 46.3 Å². The number of carbonyl (C=O) groups excluding carboxylic acids is 1. The molecule has 152 valence electrons. The van der Waals surface area contributed by atoms with Gasteiger partial charge in [-0.15, -0.1) is 0 Å². The summed E-state index contributed by atoms with van der Waals surface area (Å²) < 4.78 is 29.1. The number of anilines is 1. The summed E-state index contributed by atoms with van der Waals surface area (Å²) in [4.78, 5) is 29.8. The summed E-state index contributed by atoms with van der Waals surface area (Å²) in [6, 6.07) is 8.15. The summed E-state index contributed by atoms with van der Waals surface area (Å²) in [6.45, 7) is 3.91. The smallest absolute Gasteiger partial charge is 0.262 e. The number of rotatable bonds is 6. The Balaban J connectivity index is 1.92. The summed E-state index contributed by atoms with van der Waals surface area (Å²) in [7, 11) is 0. The first-order valence-electron chi connectivity index (χ1n) is 8.93. The third kappa shape index (κ3) is 4.59. The summed E-state index contributed by atoms with van der Waals surface area (Å²) in [5.74, 6) is -2.34. The maximum Gasteiger partial charge on any atom is 0.262 e. The Labute approximate surface area is 175 Å². The van der Waals surface area contributed by atoms with Gasteiger partial charge in [-0.25, -0.2) is 13.8 Å². The monoisotopic (exact) mass is 437 g/mol. The van der Waals surface area contributed by atoms with E-state index in [0.29, 0.717) is 34.0 Å². The van der Waals surface area contributed by atoms with E-state index in [0.717, 1.165) is 23.9 Å². The average Bonchev–Trinajstić information content (AvgIpc) is 2.67. The Morgan fingerprint density at radius 1 is 1.28 bits per heavy atom. The number of carbonyl (C=O) groups is 1. The zero-order chi connectivity index (χ0) is 21.1. The molecule has 3 aromatic rings. The molecule has 0 bridgehead atoms. The van der Waals surface area contributed by atoms with Gasteiger partial charge in [0.05, 0.1) is 16.2 Å². The van der Waals surface area contributed by atoms with Crippen LogP contribution in [0, 0.1) is 11.6 Å². The number of hydrogen-bond donors (Lipinski definition) is 1. The Morgan fingerprint density at radius 2 is 1.97 bits per heavy atom. The summed E-state index contributed by atoms with van der Waals surface area (Å²) in [5, 5.41) is 2.71. The first-order valence-corrected chi connectivity index (χ1v) is 10.2. The Morgan fingerprint density at radius 3 is 2.62 bits per heavy atom. The fourth-order valence-corrected chi connectivity index (χ4v) is 3.84. The maximum absolute atomic E-state index is 13.8. The molecule has 0 saturated carbocycles. The minimum absolute atomic E-state index is 0.233. The molecule has 5 nitrogen and oxygen atoms in total. The lowest BCUT2D eigenvalue weighted by molar-refractivity contribution is -0.115. The van der Waals surface area contributed by atoms with Crippen molar-refractivity contribution in [1.82, 2.24) is 9.55 Å². The minimum Gasteiger partial charge on any atom is -0.320 e. The van der Waals surface area contributed by atoms with Crippen LogP contribution < -0.4 is 10.9 Å². The van der Waals surface area contributed by atoms with E-state index in [-0.39, 0.29) is 5.56 Å². The van der Waals surface area contributed by atoms with Crippen LogP contribution >= 0.6 is 23.4 Å². The van der Waals surface area contributed by atoms with Crippen molar-refractivity contribution >= 4 is 45.9 Å². The van der Waals surface area contributed by atoms with Crippen LogP contribution in [-0.2, 0) is 11.3 Å². The van der Waals surface area contributed by atoms with Gasteiger partial charge in [0, 0.05) is 11.6 Å². The summed E-state index contributed by atoms with van der Waals surface area (Å²) in [5.41, 5.74) is -0.317. The van der Waals surface area contributed by atoms with Crippen LogP contribution in [0.2, 0.25) is 5.02 Å². The third-order valence-electron chi connectivity index (χ3n) is 4.19. The van der Waals surface area contributed by atoms with E-state index in [2.05, 4.69) is 10.3 Å². The van der Waals surface area contributed by atoms with Gasteiger partial charge in [0.15, 0.2) is 5.16 Å². The summed E-state index contributed by atoms with van der Waals surface area (Å²) >= 11 is 7.05. The van der Waals surface area contributed by atoms with Gasteiger partial charge in [-0.1, -0.05) is 36.4 Å². The van der Waals surface area contributed by atoms with Crippen LogP contribution in [0.25, 0.3) is 10.9 Å². The van der Waals surface area contributed by atoms with E-state index >= 15 is 0 Å². The summed E-state index contributed by atoms with van der Waals surface area (Å²) in [6.07, 6.45) is 0.690. The number of benzene rings is 2. The number of fused-ring (bicyclic) bond motifs is 1. The standard InChI is InChI=1S/C20H18ClF2N3O2S/c1-3-9-26-19(28)13-8-7-12(21)10-16(13)24-20(26)29-11(2)18(27)25-17-14(22)5-4-6-15(17)23/h4-8,10-11H,3,9H2,1-2H3,(H,25,27). The van der Waals surface area contributed by atoms with Gasteiger partial charge in [-0.3, -0.25) is 14.2 Å². The lowest BCUT2D eigenvalue weighted by atomic mass is 10.2. The number of halogens is 3. The molecule has 1 unspecified atom stereocenters. The van der Waals surface area contributed by atoms with E-state index in [1.165, 1.54) is 10.6 Å². The van der Waals surface area contributed by atoms with Gasteiger partial charge >= 0.3 is 0 Å². The van der Waals surface area contributed by atoms with E-state index in [1.54, 1.807) is 25.1 Å². The molecule has 9 heteroatoms. The Hall–Kier alpha value is -2.45. The molecule has 29 heavy (non-hydrogen) atoms. The molecule has 0 aliphatic rings. The normalized spacial score (nSPS) is 12.2. The van der Waals surface area contributed by atoms with Crippen molar-refractivity contribution < 1.29 is 13.6 Å². The van der Waals surface area contributed by atoms with Crippen LogP contribution in [-0.4, -0.2) is 20.7 Å². The number of hydrogen-bond acceptors (Lipinski definition) is 4. The molecule has 2 aromatic carbocycles. The van der Waals surface area contributed by atoms with E-state index in [9.17, 15) is 18.4 Å². The van der Waals surface area contributed by atoms with E-state index in [4.69, 9.17) is 11.6 Å². The first-order chi connectivity index (χ1) is 13.8. The van der Waals surface area contributed by atoms with Gasteiger partial charge in [-0.2, -0.15) is 0 Å². The number of nitrogens with zero attached hydrogens (tertiary/aromatic N) is 2. The molecule has 0 aliphatic heterocycles. The Kier molecular flexibility index (Phi) is 6.54. The maximum atomic E-state index is 13.8. The zero-order valence-electron chi connectivity index (χ0n) is 15.7. The fourth-order valence-electron chi connectivity index (χ4n) is 2.74. The lowest BCUT2D eigenvalue weighted by Gasteiger charge is -2.16. The second-order valence-electron chi connectivity index (χ2n) is 6.36. The quantitative estimate of drug-likeness (QED) is 0.442. The predicted octanol–water partition coefficient (Wildman–Crippen LogP) is 4.86. The average molecular weight is 438 g/mol. The molecule has 1 atom stereocenters. The lowest BCUT2D eigenvalue weighted by Crippen LogP contribution is -2.27. The Bertz CT molecular complexity index is 1120. The van der Waals surface area contributed by atoms with Crippen molar-refractivity contribution in [1.29, 1.82) is 0 Å². The highest BCUT2D eigenvalue weighted by Crippen LogP contribution is 2.26. The van der Waals surface area contributed by atoms with Crippen molar-refractivity contribution in [2.45, 2.75) is 37.2 Å². The van der Waals surface area contributed by atoms with Crippen molar-refractivity contribution in [2.75, 3.05) is 5.32 Å². The molecule has 0 radical (unpaired) electrons. The molecule has 1 heterocycles. The van der Waals surface area contributed by atoms with E-state index < -0.39 is 28.5 Å². The van der Waals surface area contributed by atoms with Gasteiger partial charge in [0.25, 0.3) is 5.56 Å². The molecular formula is C20H18ClF2N3O2S. The largest absolute Gasteiger partial charge is 0.320 e. The minimum atomic E-state index is -0.864. The zero-order valence-corrected chi connectivity index (χ0v) is 17.3. The highest BCUT2D eigenvalue weighted by atomic mass is 35.5. The molecule has 3 rings (SSSR count). The first kappa shape index (κ1) is 21.3. The highest BCUT2D eigenvalue weighted by molar-refractivity contribution is 8.00. The molecule has 1 aromatic heterocycles. The molecule has 1 N–H and O–H groups in total. The molecule has 0 spiro atoms.